The first-order valence-corrected chi connectivity index (χ1v) is 5.52. The second-order valence-electron chi connectivity index (χ2n) is 0.677. The molecule has 0 aliphatic heterocycles. The van der Waals surface area contributed by atoms with E-state index in [1.807, 2.05) is 0 Å². The molecule has 0 aliphatic carbocycles. The van der Waals surface area contributed by atoms with E-state index in [4.69, 9.17) is 4.52 Å². The molecule has 0 aromatic rings. The summed E-state index contributed by atoms with van der Waals surface area (Å²) in [6, 6.07) is 0. The van der Waals surface area contributed by atoms with E-state index in [9.17, 15) is 0 Å². The van der Waals surface area contributed by atoms with E-state index < -0.39 is 0 Å². The first-order chi connectivity index (χ1) is 2.91. The molecule has 0 bridgehead atoms. The minimum absolute atomic E-state index is 0.563. The molecule has 36 valence electrons. The highest BCUT2D eigenvalue weighted by molar-refractivity contribution is 14.2. The van der Waals surface area contributed by atoms with Crippen LogP contribution in [0.5, 0.6) is 0 Å². The molecule has 0 saturated heterocycles. The zero-order chi connectivity index (χ0) is 4.83. The van der Waals surface area contributed by atoms with Crippen LogP contribution < -0.4 is 0 Å². The maximum atomic E-state index is 4.88. The predicted octanol–water partition coefficient (Wildman–Crippen LogP) is 2.13. The van der Waals surface area contributed by atoms with Crippen molar-refractivity contribution in [2.24, 2.45) is 0 Å². The first-order valence-electron chi connectivity index (χ1n) is 1.50. The SMILES string of the molecule is C=CCOPI. The average molecular weight is 216 g/mol. The van der Waals surface area contributed by atoms with Crippen LogP contribution in [0.25, 0.3) is 0 Å². The van der Waals surface area contributed by atoms with Gasteiger partial charge >= 0.3 is 0 Å². The highest BCUT2D eigenvalue weighted by Crippen LogP contribution is 2.20. The van der Waals surface area contributed by atoms with Crippen LogP contribution in [0.2, 0.25) is 0 Å². The van der Waals surface area contributed by atoms with Gasteiger partial charge in [-0.05, 0) is 22.0 Å². The van der Waals surface area contributed by atoms with Crippen molar-refractivity contribution in [1.29, 1.82) is 0 Å². The molecule has 0 aliphatic rings. The molecule has 0 N–H and O–H groups in total. The molecule has 6 heavy (non-hydrogen) atoms. The molecule has 0 spiro atoms. The zero-order valence-electron chi connectivity index (χ0n) is 3.28. The van der Waals surface area contributed by atoms with Gasteiger partial charge in [0.25, 0.3) is 0 Å². The summed E-state index contributed by atoms with van der Waals surface area (Å²) >= 11 is 2.17. The Balaban J connectivity index is 2.49. The first kappa shape index (κ1) is 6.86. The minimum atomic E-state index is 0.563. The summed E-state index contributed by atoms with van der Waals surface area (Å²) in [6.07, 6.45) is 1.74. The predicted molar refractivity (Wildman–Crippen MR) is 38.5 cm³/mol. The molecule has 0 radical (unpaired) electrons. The van der Waals surface area contributed by atoms with Gasteiger partial charge in [-0.1, -0.05) is 6.08 Å². The maximum absolute atomic E-state index is 4.88. The third kappa shape index (κ3) is 4.86. The summed E-state index contributed by atoms with van der Waals surface area (Å²) in [5.41, 5.74) is 0. The molecule has 0 saturated carbocycles. The molecular weight excluding hydrogens is 210 g/mol. The smallest absolute Gasteiger partial charge is 0.0798 e. The van der Waals surface area contributed by atoms with Crippen molar-refractivity contribution in [1.82, 2.24) is 0 Å². The van der Waals surface area contributed by atoms with Gasteiger partial charge in [-0.25, -0.2) is 0 Å². The third-order valence-corrected chi connectivity index (χ3v) is 1.47. The standard InChI is InChI=1S/C3H6IOP/c1-2-3-5-6-4/h2,6H,1,3H2. The highest BCUT2D eigenvalue weighted by atomic mass is 127. The van der Waals surface area contributed by atoms with Crippen molar-refractivity contribution >= 4 is 28.5 Å². The van der Waals surface area contributed by atoms with Gasteiger partial charge in [0.05, 0.1) is 13.1 Å². The van der Waals surface area contributed by atoms with Crippen LogP contribution in [0.3, 0.4) is 0 Å². The molecule has 3 heteroatoms. The van der Waals surface area contributed by atoms with Crippen LogP contribution in [0.15, 0.2) is 12.7 Å². The van der Waals surface area contributed by atoms with E-state index in [1.54, 1.807) is 6.08 Å². The lowest BCUT2D eigenvalue weighted by Crippen LogP contribution is -1.69. The van der Waals surface area contributed by atoms with Crippen molar-refractivity contribution in [3.8, 4) is 0 Å². The van der Waals surface area contributed by atoms with Gasteiger partial charge in [-0.2, -0.15) is 0 Å². The van der Waals surface area contributed by atoms with Gasteiger partial charge in [0.2, 0.25) is 0 Å². The summed E-state index contributed by atoms with van der Waals surface area (Å²) in [6.45, 7) is 4.72. The Labute approximate surface area is 52.5 Å². The van der Waals surface area contributed by atoms with Crippen molar-refractivity contribution < 1.29 is 4.52 Å². The van der Waals surface area contributed by atoms with Gasteiger partial charge in [-0.15, -0.1) is 6.58 Å². The summed E-state index contributed by atoms with van der Waals surface area (Å²) in [7, 11) is 0. The third-order valence-electron chi connectivity index (χ3n) is 0.256. The van der Waals surface area contributed by atoms with Crippen molar-refractivity contribution in [3.63, 3.8) is 0 Å². The molecule has 1 nitrogen and oxygen atoms in total. The van der Waals surface area contributed by atoms with Crippen LogP contribution >= 0.6 is 28.5 Å². The zero-order valence-corrected chi connectivity index (χ0v) is 6.44. The Kier molecular flexibility index (Phi) is 6.70. The van der Waals surface area contributed by atoms with E-state index in [2.05, 4.69) is 28.6 Å². The lowest BCUT2D eigenvalue weighted by atomic mass is 10.7. The normalized spacial score (nSPS) is 10.2. The van der Waals surface area contributed by atoms with Gasteiger partial charge in [0.1, 0.15) is 0 Å². The van der Waals surface area contributed by atoms with Crippen LogP contribution in [0, 0.1) is 0 Å². The average Bonchev–Trinajstić information content (AvgIpc) is 1.61. The summed E-state index contributed by atoms with van der Waals surface area (Å²) in [5.74, 6) is 0. The second-order valence-corrected chi connectivity index (χ2v) is 2.44. The second kappa shape index (κ2) is 5.86. The molecular formula is C3H6IOP. The molecule has 0 fully saturated rings. The number of halogens is 1. The van der Waals surface area contributed by atoms with Gasteiger partial charge in [-0.3, -0.25) is 0 Å². The van der Waals surface area contributed by atoms with E-state index in [-0.39, 0.29) is 0 Å². The molecule has 0 rings (SSSR count). The van der Waals surface area contributed by atoms with Crippen molar-refractivity contribution in [3.05, 3.63) is 12.7 Å². The van der Waals surface area contributed by atoms with E-state index in [1.165, 1.54) is 0 Å². The Morgan fingerprint density at radius 3 is 2.83 bits per heavy atom. The fourth-order valence-corrected chi connectivity index (χ4v) is 0.811. The van der Waals surface area contributed by atoms with Gasteiger partial charge in [0, 0.05) is 0 Å². The lowest BCUT2D eigenvalue weighted by molar-refractivity contribution is 0.426. The monoisotopic (exact) mass is 216 g/mol. The van der Waals surface area contributed by atoms with Crippen molar-refractivity contribution in [2.75, 3.05) is 6.61 Å². The Morgan fingerprint density at radius 1 is 2.00 bits per heavy atom. The molecule has 0 aromatic heterocycles. The highest BCUT2D eigenvalue weighted by Gasteiger charge is 1.69. The van der Waals surface area contributed by atoms with E-state index in [0.29, 0.717) is 13.1 Å². The van der Waals surface area contributed by atoms with E-state index >= 15 is 0 Å². The van der Waals surface area contributed by atoms with Crippen molar-refractivity contribution in [2.45, 2.75) is 0 Å². The molecule has 1 atom stereocenters. The van der Waals surface area contributed by atoms with Gasteiger partial charge < -0.3 is 4.52 Å². The number of rotatable bonds is 3. The summed E-state index contributed by atoms with van der Waals surface area (Å²) in [4.78, 5) is 0. The molecule has 1 unspecified atom stereocenters. The summed E-state index contributed by atoms with van der Waals surface area (Å²) < 4.78 is 4.88. The summed E-state index contributed by atoms with van der Waals surface area (Å²) in [5, 5.41) is 0. The minimum Gasteiger partial charge on any atom is -0.348 e. The van der Waals surface area contributed by atoms with Gasteiger partial charge in [0.15, 0.2) is 0 Å². The van der Waals surface area contributed by atoms with Crippen LogP contribution in [-0.2, 0) is 4.52 Å². The maximum Gasteiger partial charge on any atom is 0.0798 e. The van der Waals surface area contributed by atoms with Crippen LogP contribution in [-0.4, -0.2) is 6.61 Å². The van der Waals surface area contributed by atoms with Crippen LogP contribution in [0.1, 0.15) is 0 Å². The molecule has 0 heterocycles. The molecule has 0 amide bonds. The topological polar surface area (TPSA) is 9.23 Å². The van der Waals surface area contributed by atoms with E-state index in [0.717, 1.165) is 0 Å². The number of hydrogen-bond donors (Lipinski definition) is 0. The Morgan fingerprint density at radius 2 is 2.67 bits per heavy atom. The fourth-order valence-electron chi connectivity index (χ4n) is 0.0904. The largest absolute Gasteiger partial charge is 0.348 e. The Bertz CT molecular complexity index is 39.8. The number of hydrogen-bond acceptors (Lipinski definition) is 1. The lowest BCUT2D eigenvalue weighted by Gasteiger charge is -1.86. The molecule has 0 aromatic carbocycles. The Hall–Kier alpha value is 0.860. The van der Waals surface area contributed by atoms with Crippen LogP contribution in [0.4, 0.5) is 0 Å². The fraction of sp³-hybridized carbons (Fsp3) is 0.333. The quantitative estimate of drug-likeness (QED) is 0.304.